The number of anilines is 1. The molecular formula is C12H11F4N3. The van der Waals surface area contributed by atoms with Crippen molar-refractivity contribution in [1.82, 2.24) is 4.98 Å². The SMILES string of the molecule is N#Cc1ccc(C(F)(F)F)nc1N1CCC(F)CC1. The second-order valence-electron chi connectivity index (χ2n) is 4.34. The molecule has 1 saturated heterocycles. The summed E-state index contributed by atoms with van der Waals surface area (Å²) in [5, 5.41) is 8.92. The lowest BCUT2D eigenvalue weighted by Crippen LogP contribution is -2.35. The maximum atomic E-state index is 13.0. The predicted molar refractivity (Wildman–Crippen MR) is 60.3 cm³/mol. The molecule has 0 atom stereocenters. The van der Waals surface area contributed by atoms with E-state index in [0.29, 0.717) is 0 Å². The zero-order valence-electron chi connectivity index (χ0n) is 9.91. The van der Waals surface area contributed by atoms with Crippen molar-refractivity contribution in [3.63, 3.8) is 0 Å². The van der Waals surface area contributed by atoms with Gasteiger partial charge in [0.15, 0.2) is 0 Å². The Morgan fingerprint density at radius 1 is 1.26 bits per heavy atom. The van der Waals surface area contributed by atoms with E-state index in [4.69, 9.17) is 5.26 Å². The largest absolute Gasteiger partial charge is 0.433 e. The van der Waals surface area contributed by atoms with Gasteiger partial charge in [-0.1, -0.05) is 0 Å². The summed E-state index contributed by atoms with van der Waals surface area (Å²) in [6.07, 6.45) is -5.01. The zero-order chi connectivity index (χ0) is 14.0. The molecule has 0 radical (unpaired) electrons. The minimum atomic E-state index is -4.55. The van der Waals surface area contributed by atoms with Crippen molar-refractivity contribution in [3.8, 4) is 6.07 Å². The average molecular weight is 273 g/mol. The maximum Gasteiger partial charge on any atom is 0.433 e. The third kappa shape index (κ3) is 2.95. The molecule has 19 heavy (non-hydrogen) atoms. The van der Waals surface area contributed by atoms with Crippen molar-refractivity contribution in [2.24, 2.45) is 0 Å². The number of halogens is 4. The number of nitriles is 1. The van der Waals surface area contributed by atoms with Crippen LogP contribution in [0.4, 0.5) is 23.4 Å². The lowest BCUT2D eigenvalue weighted by molar-refractivity contribution is -0.141. The summed E-state index contributed by atoms with van der Waals surface area (Å²) in [6.45, 7) is 0.536. The number of alkyl halides is 4. The summed E-state index contributed by atoms with van der Waals surface area (Å²) in [6, 6.07) is 3.70. The van der Waals surface area contributed by atoms with Crippen molar-refractivity contribution in [1.29, 1.82) is 5.26 Å². The Labute approximate surface area is 107 Å². The van der Waals surface area contributed by atoms with Crippen molar-refractivity contribution in [2.45, 2.75) is 25.2 Å². The highest BCUT2D eigenvalue weighted by Gasteiger charge is 2.34. The highest BCUT2D eigenvalue weighted by molar-refractivity contribution is 5.54. The summed E-state index contributed by atoms with van der Waals surface area (Å²) in [5.41, 5.74) is -0.964. The Morgan fingerprint density at radius 3 is 2.42 bits per heavy atom. The van der Waals surface area contributed by atoms with Gasteiger partial charge in [-0.25, -0.2) is 9.37 Å². The van der Waals surface area contributed by atoms with Crippen LogP contribution < -0.4 is 4.90 Å². The van der Waals surface area contributed by atoms with Gasteiger partial charge in [-0.15, -0.1) is 0 Å². The summed E-state index contributed by atoms with van der Waals surface area (Å²) in [5.74, 6) is -0.00998. The minimum absolute atomic E-state index is 0.00998. The number of hydrogen-bond acceptors (Lipinski definition) is 3. The lowest BCUT2D eigenvalue weighted by atomic mass is 10.1. The van der Waals surface area contributed by atoms with E-state index >= 15 is 0 Å². The Bertz CT molecular complexity index is 499. The number of pyridine rings is 1. The van der Waals surface area contributed by atoms with Gasteiger partial charge < -0.3 is 4.90 Å². The van der Waals surface area contributed by atoms with Crippen LogP contribution in [0.3, 0.4) is 0 Å². The van der Waals surface area contributed by atoms with Gasteiger partial charge in [-0.2, -0.15) is 18.4 Å². The van der Waals surface area contributed by atoms with Crippen molar-refractivity contribution in [3.05, 3.63) is 23.4 Å². The molecule has 0 aliphatic carbocycles. The van der Waals surface area contributed by atoms with Crippen LogP contribution in [0.5, 0.6) is 0 Å². The smallest absolute Gasteiger partial charge is 0.355 e. The molecule has 3 nitrogen and oxygen atoms in total. The molecular weight excluding hydrogens is 262 g/mol. The molecule has 0 bridgehead atoms. The number of piperidine rings is 1. The summed E-state index contributed by atoms with van der Waals surface area (Å²) >= 11 is 0. The molecule has 1 fully saturated rings. The van der Waals surface area contributed by atoms with Gasteiger partial charge in [0, 0.05) is 13.1 Å². The van der Waals surface area contributed by atoms with Gasteiger partial charge in [-0.05, 0) is 25.0 Å². The molecule has 0 unspecified atom stereocenters. The van der Waals surface area contributed by atoms with Crippen LogP contribution in [0.1, 0.15) is 24.1 Å². The molecule has 0 saturated carbocycles. The van der Waals surface area contributed by atoms with Gasteiger partial charge in [0.05, 0.1) is 5.56 Å². The van der Waals surface area contributed by atoms with E-state index in [1.807, 2.05) is 6.07 Å². The van der Waals surface area contributed by atoms with Crippen LogP contribution in [-0.2, 0) is 6.18 Å². The van der Waals surface area contributed by atoms with Crippen LogP contribution in [0.25, 0.3) is 0 Å². The molecule has 1 aromatic rings. The van der Waals surface area contributed by atoms with Crippen molar-refractivity contribution in [2.75, 3.05) is 18.0 Å². The molecule has 0 spiro atoms. The van der Waals surface area contributed by atoms with E-state index in [2.05, 4.69) is 4.98 Å². The summed E-state index contributed by atoms with van der Waals surface area (Å²) in [7, 11) is 0. The Hall–Kier alpha value is -1.84. The third-order valence-corrected chi connectivity index (χ3v) is 3.01. The molecule has 0 amide bonds. The molecule has 0 aromatic carbocycles. The molecule has 1 aromatic heterocycles. The Kier molecular flexibility index (Phi) is 3.60. The molecule has 7 heteroatoms. The number of hydrogen-bond donors (Lipinski definition) is 0. The second-order valence-corrected chi connectivity index (χ2v) is 4.34. The van der Waals surface area contributed by atoms with E-state index < -0.39 is 18.0 Å². The molecule has 1 aliphatic heterocycles. The lowest BCUT2D eigenvalue weighted by Gasteiger charge is -2.30. The third-order valence-electron chi connectivity index (χ3n) is 3.01. The van der Waals surface area contributed by atoms with Gasteiger partial charge in [0.25, 0.3) is 0 Å². The first-order valence-electron chi connectivity index (χ1n) is 5.79. The average Bonchev–Trinajstić information content (AvgIpc) is 2.38. The molecule has 1 aliphatic rings. The first kappa shape index (κ1) is 13.6. The molecule has 2 heterocycles. The van der Waals surface area contributed by atoms with Crippen molar-refractivity contribution < 1.29 is 17.6 Å². The number of rotatable bonds is 1. The topological polar surface area (TPSA) is 39.9 Å². The van der Waals surface area contributed by atoms with E-state index in [1.165, 1.54) is 4.90 Å². The predicted octanol–water partition coefficient (Wildman–Crippen LogP) is 2.91. The normalized spacial score (nSPS) is 17.3. The molecule has 0 N–H and O–H groups in total. The molecule has 102 valence electrons. The van der Waals surface area contributed by atoms with Crippen LogP contribution in [0.15, 0.2) is 12.1 Å². The van der Waals surface area contributed by atoms with Crippen LogP contribution in [0.2, 0.25) is 0 Å². The monoisotopic (exact) mass is 273 g/mol. The van der Waals surface area contributed by atoms with E-state index in [1.54, 1.807) is 0 Å². The van der Waals surface area contributed by atoms with E-state index in [-0.39, 0.29) is 37.3 Å². The Balaban J connectivity index is 2.35. The van der Waals surface area contributed by atoms with E-state index in [9.17, 15) is 17.6 Å². The van der Waals surface area contributed by atoms with Gasteiger partial charge in [0.1, 0.15) is 23.8 Å². The highest BCUT2D eigenvalue weighted by atomic mass is 19.4. The van der Waals surface area contributed by atoms with E-state index in [0.717, 1.165) is 12.1 Å². The fraction of sp³-hybridized carbons (Fsp3) is 0.500. The van der Waals surface area contributed by atoms with Gasteiger partial charge in [-0.3, -0.25) is 0 Å². The fourth-order valence-corrected chi connectivity index (χ4v) is 1.99. The Morgan fingerprint density at radius 2 is 1.89 bits per heavy atom. The number of nitrogens with zero attached hydrogens (tertiary/aromatic N) is 3. The standard InChI is InChI=1S/C12H11F4N3/c13-9-3-5-19(6-4-9)11-8(7-17)1-2-10(18-11)12(14,15)16/h1-2,9H,3-6H2. The fourth-order valence-electron chi connectivity index (χ4n) is 1.99. The first-order chi connectivity index (χ1) is 8.91. The summed E-state index contributed by atoms with van der Waals surface area (Å²) in [4.78, 5) is 5.05. The maximum absolute atomic E-state index is 13.0. The number of aromatic nitrogens is 1. The zero-order valence-corrected chi connectivity index (χ0v) is 9.91. The second kappa shape index (κ2) is 5.03. The minimum Gasteiger partial charge on any atom is -0.355 e. The van der Waals surface area contributed by atoms with Crippen LogP contribution >= 0.6 is 0 Å². The van der Waals surface area contributed by atoms with Crippen LogP contribution in [-0.4, -0.2) is 24.2 Å². The van der Waals surface area contributed by atoms with Crippen LogP contribution in [0, 0.1) is 11.3 Å². The quantitative estimate of drug-likeness (QED) is 0.739. The summed E-state index contributed by atoms with van der Waals surface area (Å²) < 4.78 is 50.9. The van der Waals surface area contributed by atoms with Crippen molar-refractivity contribution >= 4 is 5.82 Å². The first-order valence-corrected chi connectivity index (χ1v) is 5.79. The van der Waals surface area contributed by atoms with Gasteiger partial charge in [0.2, 0.25) is 0 Å². The molecule has 2 rings (SSSR count). The van der Waals surface area contributed by atoms with Gasteiger partial charge >= 0.3 is 6.18 Å². The highest BCUT2D eigenvalue weighted by Crippen LogP contribution is 2.31.